The number of rotatable bonds is 6. The van der Waals surface area contributed by atoms with Crippen LogP contribution in [0.5, 0.6) is 0 Å². The van der Waals surface area contributed by atoms with Crippen molar-refractivity contribution in [1.29, 1.82) is 0 Å². The Kier molecular flexibility index (Phi) is 5.55. The average Bonchev–Trinajstić information content (AvgIpc) is 3.12. The largest absolute Gasteiger partial charge is 0.369 e. The van der Waals surface area contributed by atoms with Crippen molar-refractivity contribution in [3.63, 3.8) is 0 Å². The third-order valence-electron chi connectivity index (χ3n) is 4.27. The lowest BCUT2D eigenvalue weighted by atomic mass is 10.1. The Morgan fingerprint density at radius 3 is 2.42 bits per heavy atom. The number of thiophene rings is 1. The zero-order chi connectivity index (χ0) is 17.0. The zero-order valence-electron chi connectivity index (χ0n) is 13.8. The van der Waals surface area contributed by atoms with Crippen LogP contribution in [0.25, 0.3) is 0 Å². The summed E-state index contributed by atoms with van der Waals surface area (Å²) in [6, 6.07) is 11.8. The molecule has 24 heavy (non-hydrogen) atoms. The molecule has 7 heteroatoms. The summed E-state index contributed by atoms with van der Waals surface area (Å²) < 4.78 is 27.1. The van der Waals surface area contributed by atoms with E-state index in [9.17, 15) is 8.42 Å². The Morgan fingerprint density at radius 1 is 1.08 bits per heavy atom. The number of hydrogen-bond donors (Lipinski definition) is 1. The summed E-state index contributed by atoms with van der Waals surface area (Å²) in [6.07, 6.45) is 0.688. The molecular formula is C17H23N3O2S2. The lowest BCUT2D eigenvalue weighted by Gasteiger charge is -2.34. The molecule has 1 aromatic heterocycles. The Bertz CT molecular complexity index is 735. The van der Waals surface area contributed by atoms with Gasteiger partial charge in [-0.3, -0.25) is 0 Å². The number of likely N-dealkylation sites (N-methyl/N-ethyl adjacent to an activating group) is 1. The van der Waals surface area contributed by atoms with Crippen molar-refractivity contribution in [1.82, 2.24) is 9.62 Å². The quantitative estimate of drug-likeness (QED) is 0.851. The van der Waals surface area contributed by atoms with Gasteiger partial charge in [0.1, 0.15) is 4.21 Å². The van der Waals surface area contributed by atoms with E-state index in [1.807, 2.05) is 0 Å². The summed E-state index contributed by atoms with van der Waals surface area (Å²) in [7, 11) is -1.21. The van der Waals surface area contributed by atoms with E-state index in [-0.39, 0.29) is 0 Å². The first kappa shape index (κ1) is 17.4. The van der Waals surface area contributed by atoms with E-state index in [4.69, 9.17) is 0 Å². The zero-order valence-corrected chi connectivity index (χ0v) is 15.4. The van der Waals surface area contributed by atoms with E-state index in [2.05, 4.69) is 45.8 Å². The normalized spacial score (nSPS) is 16.5. The molecule has 1 saturated heterocycles. The number of nitrogens with one attached hydrogen (secondary N) is 1. The van der Waals surface area contributed by atoms with Crippen LogP contribution in [0.4, 0.5) is 5.69 Å². The predicted molar refractivity (Wildman–Crippen MR) is 99.4 cm³/mol. The van der Waals surface area contributed by atoms with Crippen molar-refractivity contribution in [3.05, 3.63) is 47.3 Å². The predicted octanol–water partition coefficient (Wildman–Crippen LogP) is 2.02. The number of nitrogens with zero attached hydrogens (tertiary/aromatic N) is 2. The lowest BCUT2D eigenvalue weighted by Crippen LogP contribution is -2.44. The Hall–Kier alpha value is -1.41. The van der Waals surface area contributed by atoms with Crippen LogP contribution in [-0.2, 0) is 16.4 Å². The van der Waals surface area contributed by atoms with Gasteiger partial charge in [0.2, 0.25) is 10.0 Å². The summed E-state index contributed by atoms with van der Waals surface area (Å²) >= 11 is 1.23. The highest BCUT2D eigenvalue weighted by molar-refractivity contribution is 7.91. The maximum atomic E-state index is 12.1. The van der Waals surface area contributed by atoms with Crippen molar-refractivity contribution >= 4 is 27.0 Å². The molecule has 1 aromatic carbocycles. The molecular weight excluding hydrogens is 342 g/mol. The molecule has 1 fully saturated rings. The molecule has 3 rings (SSSR count). The Morgan fingerprint density at radius 2 is 1.79 bits per heavy atom. The minimum Gasteiger partial charge on any atom is -0.369 e. The van der Waals surface area contributed by atoms with Crippen molar-refractivity contribution in [2.45, 2.75) is 10.6 Å². The van der Waals surface area contributed by atoms with E-state index < -0.39 is 10.0 Å². The van der Waals surface area contributed by atoms with Crippen molar-refractivity contribution < 1.29 is 8.42 Å². The van der Waals surface area contributed by atoms with Crippen LogP contribution in [0.1, 0.15) is 5.56 Å². The Labute approximate surface area is 148 Å². The topological polar surface area (TPSA) is 52.6 Å². The van der Waals surface area contributed by atoms with Gasteiger partial charge in [-0.2, -0.15) is 0 Å². The summed E-state index contributed by atoms with van der Waals surface area (Å²) in [4.78, 5) is 4.73. The second-order valence-electron chi connectivity index (χ2n) is 6.04. The van der Waals surface area contributed by atoms with E-state index in [0.29, 0.717) is 17.2 Å². The Balaban J connectivity index is 1.51. The molecule has 5 nitrogen and oxygen atoms in total. The van der Waals surface area contributed by atoms with Crippen LogP contribution < -0.4 is 9.62 Å². The van der Waals surface area contributed by atoms with Gasteiger partial charge in [-0.25, -0.2) is 13.1 Å². The fourth-order valence-corrected chi connectivity index (χ4v) is 4.82. The fraction of sp³-hybridized carbons (Fsp3) is 0.412. The minimum absolute atomic E-state index is 0.368. The molecule has 2 heterocycles. The van der Waals surface area contributed by atoms with Crippen molar-refractivity contribution in [2.24, 2.45) is 0 Å². The maximum absolute atomic E-state index is 12.1. The van der Waals surface area contributed by atoms with Gasteiger partial charge in [0.15, 0.2) is 0 Å². The molecule has 0 amide bonds. The summed E-state index contributed by atoms with van der Waals surface area (Å²) in [5.41, 5.74) is 2.38. The van der Waals surface area contributed by atoms with Crippen molar-refractivity contribution in [2.75, 3.05) is 44.7 Å². The van der Waals surface area contributed by atoms with Crippen LogP contribution in [0, 0.1) is 0 Å². The monoisotopic (exact) mass is 365 g/mol. The first-order valence-electron chi connectivity index (χ1n) is 8.10. The van der Waals surface area contributed by atoms with Crippen molar-refractivity contribution in [3.8, 4) is 0 Å². The highest BCUT2D eigenvalue weighted by Gasteiger charge is 2.15. The average molecular weight is 366 g/mol. The number of sulfonamides is 1. The van der Waals surface area contributed by atoms with Crippen LogP contribution in [0.15, 0.2) is 46.0 Å². The number of piperazine rings is 1. The molecule has 0 atom stereocenters. The highest BCUT2D eigenvalue weighted by atomic mass is 32.2. The van der Waals surface area contributed by atoms with Crippen LogP contribution in [-0.4, -0.2) is 53.1 Å². The number of anilines is 1. The molecule has 0 spiro atoms. The van der Waals surface area contributed by atoms with Gasteiger partial charge in [0.05, 0.1) is 0 Å². The van der Waals surface area contributed by atoms with Gasteiger partial charge in [0, 0.05) is 38.4 Å². The maximum Gasteiger partial charge on any atom is 0.250 e. The van der Waals surface area contributed by atoms with E-state index in [1.54, 1.807) is 17.5 Å². The molecule has 0 unspecified atom stereocenters. The van der Waals surface area contributed by atoms with Gasteiger partial charge >= 0.3 is 0 Å². The van der Waals surface area contributed by atoms with E-state index in [1.165, 1.54) is 17.0 Å². The van der Waals surface area contributed by atoms with Crippen LogP contribution in [0.3, 0.4) is 0 Å². The molecule has 1 aliphatic rings. The van der Waals surface area contributed by atoms with Crippen LogP contribution in [0.2, 0.25) is 0 Å². The molecule has 1 N–H and O–H groups in total. The lowest BCUT2D eigenvalue weighted by molar-refractivity contribution is 0.313. The molecule has 0 aliphatic carbocycles. The first-order valence-corrected chi connectivity index (χ1v) is 10.5. The van der Waals surface area contributed by atoms with E-state index >= 15 is 0 Å². The van der Waals surface area contributed by atoms with Gasteiger partial charge < -0.3 is 9.80 Å². The number of benzene rings is 1. The molecule has 2 aromatic rings. The van der Waals surface area contributed by atoms with Gasteiger partial charge in [0.25, 0.3) is 0 Å². The van der Waals surface area contributed by atoms with Gasteiger partial charge in [-0.05, 0) is 42.6 Å². The van der Waals surface area contributed by atoms with Gasteiger partial charge in [-0.1, -0.05) is 18.2 Å². The van der Waals surface area contributed by atoms with Gasteiger partial charge in [-0.15, -0.1) is 11.3 Å². The summed E-state index contributed by atoms with van der Waals surface area (Å²) in [5.74, 6) is 0. The second kappa shape index (κ2) is 7.65. The molecule has 1 aliphatic heterocycles. The highest BCUT2D eigenvalue weighted by Crippen LogP contribution is 2.18. The molecule has 0 radical (unpaired) electrons. The minimum atomic E-state index is -3.36. The molecule has 0 saturated carbocycles. The standard InChI is InChI=1S/C17H23N3O2S2/c1-19-10-12-20(13-11-19)16-6-4-15(5-7-16)8-9-18-24(21,22)17-3-2-14-23-17/h2-7,14,18H,8-13H2,1H3. The third-order valence-corrected chi connectivity index (χ3v) is 7.13. The summed E-state index contributed by atoms with van der Waals surface area (Å²) in [6.45, 7) is 4.69. The fourth-order valence-electron chi connectivity index (χ4n) is 2.76. The molecule has 0 bridgehead atoms. The third kappa shape index (κ3) is 4.36. The summed E-state index contributed by atoms with van der Waals surface area (Å²) in [5, 5.41) is 1.77. The second-order valence-corrected chi connectivity index (χ2v) is 8.98. The SMILES string of the molecule is CN1CCN(c2ccc(CCNS(=O)(=O)c3cccs3)cc2)CC1. The number of hydrogen-bond acceptors (Lipinski definition) is 5. The van der Waals surface area contributed by atoms with E-state index in [0.717, 1.165) is 31.7 Å². The smallest absolute Gasteiger partial charge is 0.250 e. The first-order chi connectivity index (χ1) is 11.5. The van der Waals surface area contributed by atoms with Crippen LogP contribution >= 0.6 is 11.3 Å². The molecule has 130 valence electrons.